The van der Waals surface area contributed by atoms with Crippen LogP contribution in [0.15, 0.2) is 30.0 Å². The Morgan fingerprint density at radius 1 is 1.48 bits per heavy atom. The fraction of sp³-hybridized carbons (Fsp3) is 0.625. The maximum Gasteiger partial charge on any atom is 0.319 e. The van der Waals surface area contributed by atoms with Crippen molar-refractivity contribution >= 4 is 5.96 Å². The van der Waals surface area contributed by atoms with Gasteiger partial charge in [0, 0.05) is 32.5 Å². The summed E-state index contributed by atoms with van der Waals surface area (Å²) in [6.07, 6.45) is 8.93. The molecule has 1 heterocycles. The highest BCUT2D eigenvalue weighted by atomic mass is 19.3. The van der Waals surface area contributed by atoms with Crippen molar-refractivity contribution in [1.82, 2.24) is 19.8 Å². The summed E-state index contributed by atoms with van der Waals surface area (Å²) in [5.41, 5.74) is 0. The van der Waals surface area contributed by atoms with Gasteiger partial charge >= 0.3 is 6.55 Å². The minimum absolute atomic E-state index is 0.125. The van der Waals surface area contributed by atoms with E-state index in [1.165, 1.54) is 12.4 Å². The molecule has 0 radical (unpaired) electrons. The molecule has 0 spiro atoms. The van der Waals surface area contributed by atoms with E-state index in [1.807, 2.05) is 24.9 Å². The third-order valence-corrected chi connectivity index (χ3v) is 3.43. The molecule has 0 saturated heterocycles. The van der Waals surface area contributed by atoms with Crippen LogP contribution < -0.4 is 5.32 Å². The number of alkyl halides is 2. The molecule has 0 aliphatic heterocycles. The Labute approximate surface area is 137 Å². The number of rotatable bonds is 10. The zero-order valence-corrected chi connectivity index (χ0v) is 14.0. The zero-order valence-electron chi connectivity index (χ0n) is 14.0. The number of aromatic nitrogens is 2. The lowest BCUT2D eigenvalue weighted by molar-refractivity contribution is 0.0671. The summed E-state index contributed by atoms with van der Waals surface area (Å²) in [5.74, 6) is 0.967. The fourth-order valence-corrected chi connectivity index (χ4v) is 2.18. The molecule has 0 aromatic carbocycles. The summed E-state index contributed by atoms with van der Waals surface area (Å²) in [5, 5.41) is 3.18. The standard InChI is InChI=1S/C16H27F2N5/c1-4-6-7-8-9-11-22(3)16(19-5-2)21-13-14-20-10-12-23(14)15(17)18/h4,10,12,15H,1,5-9,11,13H2,2-3H3,(H,19,21). The summed E-state index contributed by atoms with van der Waals surface area (Å²) in [6.45, 7) is 4.82. The number of nitrogens with one attached hydrogen (secondary N) is 1. The molecule has 1 rings (SSSR count). The Balaban J connectivity index is 2.57. The number of allylic oxidation sites excluding steroid dienone is 1. The van der Waals surface area contributed by atoms with Crippen molar-refractivity contribution in [3.63, 3.8) is 0 Å². The molecule has 0 bridgehead atoms. The van der Waals surface area contributed by atoms with E-state index in [1.54, 1.807) is 0 Å². The van der Waals surface area contributed by atoms with E-state index in [9.17, 15) is 8.78 Å². The maximum atomic E-state index is 12.8. The van der Waals surface area contributed by atoms with E-state index in [0.717, 1.165) is 43.3 Å². The number of guanidine groups is 1. The van der Waals surface area contributed by atoms with Crippen molar-refractivity contribution in [2.75, 3.05) is 20.1 Å². The van der Waals surface area contributed by atoms with Crippen molar-refractivity contribution in [2.45, 2.75) is 45.7 Å². The highest BCUT2D eigenvalue weighted by molar-refractivity contribution is 5.79. The van der Waals surface area contributed by atoms with Crippen LogP contribution in [-0.2, 0) is 6.54 Å². The summed E-state index contributed by atoms with van der Waals surface area (Å²) in [6, 6.07) is 0. The molecule has 0 saturated carbocycles. The van der Waals surface area contributed by atoms with Gasteiger partial charge in [-0.05, 0) is 26.2 Å². The molecule has 0 unspecified atom stereocenters. The molecule has 1 aromatic heterocycles. The Hall–Kier alpha value is -1.92. The quantitative estimate of drug-likeness (QED) is 0.310. The number of hydrogen-bond donors (Lipinski definition) is 1. The van der Waals surface area contributed by atoms with Gasteiger partial charge in [-0.25, -0.2) is 9.98 Å². The van der Waals surface area contributed by atoms with Crippen LogP contribution in [0.5, 0.6) is 0 Å². The number of aliphatic imine (C=N–C) groups is 1. The van der Waals surface area contributed by atoms with Gasteiger partial charge in [-0.15, -0.1) is 6.58 Å². The Morgan fingerprint density at radius 2 is 2.26 bits per heavy atom. The Kier molecular flexibility index (Phi) is 8.94. The third kappa shape index (κ3) is 6.80. The molecule has 130 valence electrons. The number of halogens is 2. The lowest BCUT2D eigenvalue weighted by Gasteiger charge is -2.22. The van der Waals surface area contributed by atoms with Gasteiger partial charge in [0.1, 0.15) is 12.4 Å². The van der Waals surface area contributed by atoms with Crippen LogP contribution in [0.3, 0.4) is 0 Å². The second-order valence-corrected chi connectivity index (χ2v) is 5.26. The summed E-state index contributed by atoms with van der Waals surface area (Å²) < 4.78 is 26.4. The Morgan fingerprint density at radius 3 is 2.91 bits per heavy atom. The average Bonchev–Trinajstić information content (AvgIpc) is 2.99. The first kappa shape index (κ1) is 19.1. The fourth-order valence-electron chi connectivity index (χ4n) is 2.18. The summed E-state index contributed by atoms with van der Waals surface area (Å²) >= 11 is 0. The smallest absolute Gasteiger partial charge is 0.319 e. The van der Waals surface area contributed by atoms with Crippen molar-refractivity contribution in [3.05, 3.63) is 30.9 Å². The van der Waals surface area contributed by atoms with Gasteiger partial charge in [0.15, 0.2) is 5.96 Å². The molecule has 0 amide bonds. The number of hydrogen-bond acceptors (Lipinski definition) is 2. The van der Waals surface area contributed by atoms with Gasteiger partial charge in [-0.1, -0.05) is 12.5 Å². The molecule has 0 aliphatic carbocycles. The van der Waals surface area contributed by atoms with Gasteiger partial charge in [-0.3, -0.25) is 4.57 Å². The first-order chi connectivity index (χ1) is 11.1. The predicted molar refractivity (Wildman–Crippen MR) is 89.6 cm³/mol. The highest BCUT2D eigenvalue weighted by Gasteiger charge is 2.12. The van der Waals surface area contributed by atoms with E-state index >= 15 is 0 Å². The lowest BCUT2D eigenvalue weighted by atomic mass is 10.2. The van der Waals surface area contributed by atoms with Crippen LogP contribution in [0, 0.1) is 0 Å². The molecule has 23 heavy (non-hydrogen) atoms. The first-order valence-corrected chi connectivity index (χ1v) is 8.00. The molecule has 0 atom stereocenters. The van der Waals surface area contributed by atoms with Crippen molar-refractivity contribution in [1.29, 1.82) is 0 Å². The molecule has 0 fully saturated rings. The second kappa shape index (κ2) is 10.7. The van der Waals surface area contributed by atoms with Crippen LogP contribution >= 0.6 is 0 Å². The van der Waals surface area contributed by atoms with E-state index in [4.69, 9.17) is 0 Å². The minimum Gasteiger partial charge on any atom is -0.357 e. The van der Waals surface area contributed by atoms with E-state index < -0.39 is 6.55 Å². The van der Waals surface area contributed by atoms with Gasteiger partial charge in [-0.2, -0.15) is 8.78 Å². The minimum atomic E-state index is -2.59. The molecule has 1 aromatic rings. The molecule has 5 nitrogen and oxygen atoms in total. The largest absolute Gasteiger partial charge is 0.357 e. The van der Waals surface area contributed by atoms with Crippen LogP contribution in [0.2, 0.25) is 0 Å². The molecule has 1 N–H and O–H groups in total. The van der Waals surface area contributed by atoms with E-state index in [2.05, 4.69) is 21.9 Å². The van der Waals surface area contributed by atoms with Crippen LogP contribution in [0.4, 0.5) is 8.78 Å². The van der Waals surface area contributed by atoms with Crippen molar-refractivity contribution in [2.24, 2.45) is 4.99 Å². The van der Waals surface area contributed by atoms with E-state index in [0.29, 0.717) is 5.96 Å². The van der Waals surface area contributed by atoms with Gasteiger partial charge in [0.2, 0.25) is 0 Å². The second-order valence-electron chi connectivity index (χ2n) is 5.26. The molecular weight excluding hydrogens is 300 g/mol. The molecular formula is C16H27F2N5. The van der Waals surface area contributed by atoms with Crippen LogP contribution in [0.1, 0.15) is 45.0 Å². The molecule has 0 aliphatic rings. The Bertz CT molecular complexity index is 485. The van der Waals surface area contributed by atoms with Gasteiger partial charge < -0.3 is 10.2 Å². The van der Waals surface area contributed by atoms with Crippen LogP contribution in [0.25, 0.3) is 0 Å². The highest BCUT2D eigenvalue weighted by Crippen LogP contribution is 2.13. The summed E-state index contributed by atoms with van der Waals surface area (Å²) in [7, 11) is 1.95. The number of imidazole rings is 1. The van der Waals surface area contributed by atoms with Gasteiger partial charge in [0.25, 0.3) is 0 Å². The monoisotopic (exact) mass is 327 g/mol. The zero-order chi connectivity index (χ0) is 17.1. The van der Waals surface area contributed by atoms with Crippen molar-refractivity contribution < 1.29 is 8.78 Å². The number of nitrogens with zero attached hydrogens (tertiary/aromatic N) is 4. The SMILES string of the molecule is C=CCCCCCN(C)C(=NCc1nccn1C(F)F)NCC. The first-order valence-electron chi connectivity index (χ1n) is 8.00. The van der Waals surface area contributed by atoms with Crippen LogP contribution in [-0.4, -0.2) is 40.5 Å². The predicted octanol–water partition coefficient (Wildman–Crippen LogP) is 3.42. The lowest BCUT2D eigenvalue weighted by Crippen LogP contribution is -2.39. The normalized spacial score (nSPS) is 11.8. The van der Waals surface area contributed by atoms with E-state index in [-0.39, 0.29) is 12.4 Å². The summed E-state index contributed by atoms with van der Waals surface area (Å²) in [4.78, 5) is 10.4. The van der Waals surface area contributed by atoms with Crippen molar-refractivity contribution in [3.8, 4) is 0 Å². The van der Waals surface area contributed by atoms with Gasteiger partial charge in [0.05, 0.1) is 0 Å². The maximum absolute atomic E-state index is 12.8. The third-order valence-electron chi connectivity index (χ3n) is 3.43. The topological polar surface area (TPSA) is 45.5 Å². The molecule has 7 heteroatoms. The average molecular weight is 327 g/mol. The number of unbranched alkanes of at least 4 members (excludes halogenated alkanes) is 3.